The number of rotatable bonds is 8. The number of nitrogens with zero attached hydrogens (tertiary/aromatic N) is 7. The highest BCUT2D eigenvalue weighted by Gasteiger charge is 2.25. The third kappa shape index (κ3) is 7.69. The smallest absolute Gasteiger partial charge is 0.318 e. The summed E-state index contributed by atoms with van der Waals surface area (Å²) in [6.45, 7) is 18.1. The van der Waals surface area contributed by atoms with Gasteiger partial charge in [-0.15, -0.1) is 0 Å². The largest absolute Gasteiger partial charge is 0.462 e. The van der Waals surface area contributed by atoms with Gasteiger partial charge in [-0.3, -0.25) is 9.78 Å². The minimum absolute atomic E-state index is 0. The van der Waals surface area contributed by atoms with E-state index in [-0.39, 0.29) is 25.4 Å². The van der Waals surface area contributed by atoms with Gasteiger partial charge in [0.2, 0.25) is 12.5 Å². The zero-order valence-electron chi connectivity index (χ0n) is 24.8. The van der Waals surface area contributed by atoms with Crippen LogP contribution in [0.25, 0.3) is 15.6 Å². The van der Waals surface area contributed by atoms with E-state index in [9.17, 15) is 4.79 Å². The molecular formula is C31H42N8O2S. The summed E-state index contributed by atoms with van der Waals surface area (Å²) in [7, 11) is 2.14. The van der Waals surface area contributed by atoms with E-state index >= 15 is 0 Å². The molecule has 2 aliphatic rings. The van der Waals surface area contributed by atoms with E-state index < -0.39 is 0 Å². The van der Waals surface area contributed by atoms with Crippen molar-refractivity contribution in [3.63, 3.8) is 0 Å². The number of likely N-dealkylation sites (tertiary alicyclic amines) is 1. The van der Waals surface area contributed by atoms with Gasteiger partial charge in [-0.05, 0) is 64.9 Å². The molecule has 42 heavy (non-hydrogen) atoms. The van der Waals surface area contributed by atoms with Crippen LogP contribution in [0.1, 0.15) is 37.9 Å². The van der Waals surface area contributed by atoms with E-state index in [2.05, 4.69) is 62.5 Å². The molecule has 0 radical (unpaired) electrons. The van der Waals surface area contributed by atoms with Crippen molar-refractivity contribution in [3.8, 4) is 6.01 Å². The highest BCUT2D eigenvalue weighted by Crippen LogP contribution is 2.32. The molecular weight excluding hydrogens is 548 g/mol. The van der Waals surface area contributed by atoms with Crippen molar-refractivity contribution in [2.45, 2.75) is 51.7 Å². The van der Waals surface area contributed by atoms with E-state index in [1.165, 1.54) is 23.6 Å². The van der Waals surface area contributed by atoms with Crippen molar-refractivity contribution in [2.24, 2.45) is 0 Å². The van der Waals surface area contributed by atoms with Gasteiger partial charge in [0, 0.05) is 53.5 Å². The van der Waals surface area contributed by atoms with Gasteiger partial charge < -0.3 is 30.0 Å². The average Bonchev–Trinajstić information content (AvgIpc) is 3.40. The fraction of sp³-hybridized carbons (Fsp3) is 0.452. The number of nitrogens with two attached hydrogens (primary N) is 1. The summed E-state index contributed by atoms with van der Waals surface area (Å²) >= 11 is 0. The summed E-state index contributed by atoms with van der Waals surface area (Å²) in [6, 6.07) is 9.21. The van der Waals surface area contributed by atoms with Gasteiger partial charge in [0.1, 0.15) is 18.5 Å². The monoisotopic (exact) mass is 590 g/mol. The lowest BCUT2D eigenvalue weighted by Gasteiger charge is -2.31. The molecule has 0 aliphatic carbocycles. The second-order valence-corrected chi connectivity index (χ2v) is 10.5. The minimum atomic E-state index is -0.103. The predicted octanol–water partition coefficient (Wildman–Crippen LogP) is 4.08. The van der Waals surface area contributed by atoms with Gasteiger partial charge in [0.15, 0.2) is 0 Å². The molecule has 5 rings (SSSR count). The number of anilines is 2. The normalized spacial score (nSPS) is 16.7. The highest BCUT2D eigenvalue weighted by atomic mass is 32.1. The fourth-order valence-corrected chi connectivity index (χ4v) is 5.48. The lowest BCUT2D eigenvalue weighted by atomic mass is 10.0. The SMILES string of the molecule is CN1CCC[C@H]1COc1nc(N)c2c(n1)CN(c1cccc3cnccc13)CC2.S.[C-]#[N+]CC(C)N(CC)C(=O)C=C. The van der Waals surface area contributed by atoms with Gasteiger partial charge >= 0.3 is 6.01 Å². The Morgan fingerprint density at radius 2 is 2.14 bits per heavy atom. The third-order valence-electron chi connectivity index (χ3n) is 7.84. The predicted molar refractivity (Wildman–Crippen MR) is 173 cm³/mol. The topological polar surface area (TPSA) is 105 Å². The van der Waals surface area contributed by atoms with E-state index in [4.69, 9.17) is 22.0 Å². The number of ether oxygens (including phenoxy) is 1. The number of aromatic nitrogens is 3. The summed E-state index contributed by atoms with van der Waals surface area (Å²) in [5, 5.41) is 2.34. The number of carbonyl (C=O) groups excluding carboxylic acids is 1. The second-order valence-electron chi connectivity index (χ2n) is 10.5. The molecule has 1 amide bonds. The van der Waals surface area contributed by atoms with Crippen molar-refractivity contribution in [1.82, 2.24) is 24.8 Å². The Labute approximate surface area is 255 Å². The van der Waals surface area contributed by atoms with Gasteiger partial charge in [-0.25, -0.2) is 6.57 Å². The molecule has 224 valence electrons. The van der Waals surface area contributed by atoms with Crippen molar-refractivity contribution >= 4 is 41.7 Å². The summed E-state index contributed by atoms with van der Waals surface area (Å²) in [5.41, 5.74) is 9.47. The maximum Gasteiger partial charge on any atom is 0.318 e. The van der Waals surface area contributed by atoms with Crippen LogP contribution >= 0.6 is 13.5 Å². The fourth-order valence-electron chi connectivity index (χ4n) is 5.48. The lowest BCUT2D eigenvalue weighted by Crippen LogP contribution is -2.38. The van der Waals surface area contributed by atoms with E-state index in [1.807, 2.05) is 26.2 Å². The van der Waals surface area contributed by atoms with E-state index in [1.54, 1.807) is 4.90 Å². The highest BCUT2D eigenvalue weighted by molar-refractivity contribution is 7.59. The van der Waals surface area contributed by atoms with Gasteiger partial charge in [-0.2, -0.15) is 23.5 Å². The molecule has 2 N–H and O–H groups in total. The molecule has 1 aromatic carbocycles. The Kier molecular flexibility index (Phi) is 11.9. The number of pyridine rings is 1. The van der Waals surface area contributed by atoms with Crippen molar-refractivity contribution < 1.29 is 9.53 Å². The van der Waals surface area contributed by atoms with Crippen molar-refractivity contribution in [1.29, 1.82) is 0 Å². The Morgan fingerprint density at radius 3 is 2.83 bits per heavy atom. The molecule has 0 spiro atoms. The number of amides is 1. The summed E-state index contributed by atoms with van der Waals surface area (Å²) in [4.78, 5) is 34.1. The molecule has 0 bridgehead atoms. The number of hydrogen-bond acceptors (Lipinski definition) is 8. The number of hydrogen-bond donors (Lipinski definition) is 1. The van der Waals surface area contributed by atoms with Crippen LogP contribution in [0.15, 0.2) is 49.3 Å². The molecule has 10 nitrogen and oxygen atoms in total. The van der Waals surface area contributed by atoms with Crippen LogP contribution in [0.3, 0.4) is 0 Å². The zero-order chi connectivity index (χ0) is 29.4. The number of nitrogen functional groups attached to an aromatic ring is 1. The van der Waals surface area contributed by atoms with Crippen molar-refractivity contribution in [2.75, 3.05) is 50.5 Å². The Bertz CT molecular complexity index is 1410. The van der Waals surface area contributed by atoms with Crippen LogP contribution in [-0.2, 0) is 17.8 Å². The number of likely N-dealkylation sites (N-methyl/N-ethyl adjacent to an activating group) is 2. The first-order chi connectivity index (χ1) is 19.9. The summed E-state index contributed by atoms with van der Waals surface area (Å²) < 4.78 is 5.95. The molecule has 2 aromatic heterocycles. The van der Waals surface area contributed by atoms with Crippen LogP contribution < -0.4 is 15.4 Å². The molecule has 1 fully saturated rings. The molecule has 4 heterocycles. The van der Waals surface area contributed by atoms with Gasteiger partial charge in [0.05, 0.1) is 12.2 Å². The molecule has 2 aliphatic heterocycles. The zero-order valence-corrected chi connectivity index (χ0v) is 25.8. The maximum absolute atomic E-state index is 11.2. The molecule has 3 aromatic rings. The Hall–Kier alpha value is -3.88. The van der Waals surface area contributed by atoms with Crippen LogP contribution in [0, 0.1) is 6.57 Å². The summed E-state index contributed by atoms with van der Waals surface area (Å²) in [6.07, 6.45) is 8.23. The second kappa shape index (κ2) is 15.4. The van der Waals surface area contributed by atoms with Crippen LogP contribution in [0.2, 0.25) is 0 Å². The first-order valence-electron chi connectivity index (χ1n) is 14.2. The standard InChI is InChI=1S/C22H26N6O.C9H14N2O.H2S/c1-27-10-3-5-16(27)14-29-22-25-19-13-28(11-8-18(19)21(23)26-22)20-6-2-4-15-12-24-9-7-17(15)20;1-5-9(12)11(6-2)8(3)7-10-4;/h2,4,6-7,9,12,16H,3,5,8,10-11,13-14H2,1H3,(H2,23,25,26);5,8H,1,6-7H2,2-3H3;1H2/t16-;;/m0../s1. The third-order valence-corrected chi connectivity index (χ3v) is 7.84. The van der Waals surface area contributed by atoms with Gasteiger partial charge in [0.25, 0.3) is 0 Å². The van der Waals surface area contributed by atoms with E-state index in [0.717, 1.165) is 42.6 Å². The molecule has 1 unspecified atom stereocenters. The Morgan fingerprint density at radius 1 is 1.33 bits per heavy atom. The summed E-state index contributed by atoms with van der Waals surface area (Å²) in [5.74, 6) is 0.445. The minimum Gasteiger partial charge on any atom is -0.462 e. The Balaban J connectivity index is 0.000000320. The van der Waals surface area contributed by atoms with E-state index in [0.29, 0.717) is 44.1 Å². The maximum atomic E-state index is 11.2. The number of carbonyl (C=O) groups is 1. The number of benzene rings is 1. The van der Waals surface area contributed by atoms with Crippen LogP contribution in [0.5, 0.6) is 6.01 Å². The first-order valence-corrected chi connectivity index (χ1v) is 14.2. The quantitative estimate of drug-likeness (QED) is 0.309. The van der Waals surface area contributed by atoms with Crippen molar-refractivity contribution in [3.05, 3.63) is 72.0 Å². The van der Waals surface area contributed by atoms with Gasteiger partial charge in [-0.1, -0.05) is 18.7 Å². The van der Waals surface area contributed by atoms with Crippen LogP contribution in [0.4, 0.5) is 11.5 Å². The number of fused-ring (bicyclic) bond motifs is 2. The average molecular weight is 591 g/mol. The molecule has 2 atom stereocenters. The molecule has 11 heteroatoms. The molecule has 0 saturated carbocycles. The molecule has 1 saturated heterocycles. The lowest BCUT2D eigenvalue weighted by molar-refractivity contribution is -0.127. The first kappa shape index (κ1) is 32.6. The van der Waals surface area contributed by atoms with Crippen LogP contribution in [-0.4, -0.2) is 82.6 Å².